The monoisotopic (exact) mass is 426 g/mol. The molecule has 0 saturated carbocycles. The molecule has 0 unspecified atom stereocenters. The molecular weight excluding hydrogens is 404 g/mol. The summed E-state index contributed by atoms with van der Waals surface area (Å²) in [5.74, 6) is -0.305. The summed E-state index contributed by atoms with van der Waals surface area (Å²) in [4.78, 5) is 25.6. The SMILES string of the molecule is Cc1cc(C)c(NC(=O)Cn2nc3c4cc(-c5ccccc5)nn4ccn3c2=O)c(C)c1. The summed E-state index contributed by atoms with van der Waals surface area (Å²) in [5.41, 5.74) is 6.37. The van der Waals surface area contributed by atoms with Crippen LogP contribution in [0.3, 0.4) is 0 Å². The predicted molar refractivity (Wildman–Crippen MR) is 123 cm³/mol. The standard InChI is InChI=1S/C24H22N6O2/c1-15-11-16(2)22(17(3)12-15)25-21(31)14-30-24(32)28-9-10-29-20(23(28)27-30)13-19(26-29)18-7-5-4-6-8-18/h4-13H,14H2,1-3H3,(H,25,31). The first-order valence-corrected chi connectivity index (χ1v) is 10.3. The molecule has 0 spiro atoms. The Labute approximate surface area is 183 Å². The molecule has 0 aliphatic heterocycles. The van der Waals surface area contributed by atoms with Crippen molar-refractivity contribution < 1.29 is 4.79 Å². The first-order valence-electron chi connectivity index (χ1n) is 10.3. The van der Waals surface area contributed by atoms with Crippen LogP contribution in [0.5, 0.6) is 0 Å². The number of rotatable bonds is 4. The number of hydrogen-bond acceptors (Lipinski definition) is 4. The first kappa shape index (κ1) is 19.7. The van der Waals surface area contributed by atoms with E-state index in [1.54, 1.807) is 16.9 Å². The van der Waals surface area contributed by atoms with E-state index in [4.69, 9.17) is 0 Å². The summed E-state index contributed by atoms with van der Waals surface area (Å²) in [6.07, 6.45) is 3.32. The highest BCUT2D eigenvalue weighted by Gasteiger charge is 2.16. The molecule has 32 heavy (non-hydrogen) atoms. The maximum atomic E-state index is 12.9. The molecule has 0 fully saturated rings. The Morgan fingerprint density at radius 1 is 0.969 bits per heavy atom. The average Bonchev–Trinajstić information content (AvgIpc) is 3.33. The number of benzene rings is 2. The van der Waals surface area contributed by atoms with E-state index in [0.717, 1.165) is 33.6 Å². The Morgan fingerprint density at radius 3 is 2.41 bits per heavy atom. The number of hydrogen-bond donors (Lipinski definition) is 1. The van der Waals surface area contributed by atoms with Crippen molar-refractivity contribution in [3.05, 3.63) is 88.1 Å². The Balaban J connectivity index is 1.49. The fourth-order valence-corrected chi connectivity index (χ4v) is 4.08. The van der Waals surface area contributed by atoms with Crippen LogP contribution in [0.15, 0.2) is 65.7 Å². The van der Waals surface area contributed by atoms with Crippen molar-refractivity contribution in [2.75, 3.05) is 5.32 Å². The van der Waals surface area contributed by atoms with E-state index in [9.17, 15) is 9.59 Å². The number of nitrogens with one attached hydrogen (secondary N) is 1. The van der Waals surface area contributed by atoms with Crippen LogP contribution in [0, 0.1) is 20.8 Å². The van der Waals surface area contributed by atoms with Gasteiger partial charge in [-0.05, 0) is 38.0 Å². The largest absolute Gasteiger partial charge is 0.350 e. The summed E-state index contributed by atoms with van der Waals surface area (Å²) < 4.78 is 4.30. The molecule has 0 atom stereocenters. The molecule has 2 aromatic carbocycles. The molecule has 0 radical (unpaired) electrons. The number of amides is 1. The third-order valence-corrected chi connectivity index (χ3v) is 5.50. The van der Waals surface area contributed by atoms with E-state index >= 15 is 0 Å². The summed E-state index contributed by atoms with van der Waals surface area (Å²) in [5, 5.41) is 11.9. The van der Waals surface area contributed by atoms with Gasteiger partial charge >= 0.3 is 5.69 Å². The molecule has 1 N–H and O–H groups in total. The molecule has 8 nitrogen and oxygen atoms in total. The maximum Gasteiger partial charge on any atom is 0.350 e. The van der Waals surface area contributed by atoms with Gasteiger partial charge in [0.15, 0.2) is 5.65 Å². The van der Waals surface area contributed by atoms with E-state index < -0.39 is 0 Å². The molecule has 0 saturated heterocycles. The maximum absolute atomic E-state index is 12.9. The Bertz CT molecular complexity index is 1520. The molecular formula is C24H22N6O2. The Morgan fingerprint density at radius 2 is 1.69 bits per heavy atom. The van der Waals surface area contributed by atoms with Crippen LogP contribution >= 0.6 is 0 Å². The van der Waals surface area contributed by atoms with Crippen molar-refractivity contribution in [2.45, 2.75) is 27.3 Å². The third kappa shape index (κ3) is 3.35. The molecule has 1 amide bonds. The molecule has 5 rings (SSSR count). The van der Waals surface area contributed by atoms with Crippen LogP contribution in [0.25, 0.3) is 22.4 Å². The van der Waals surface area contributed by atoms with Gasteiger partial charge < -0.3 is 5.32 Å². The minimum Gasteiger partial charge on any atom is -0.324 e. The second-order valence-electron chi connectivity index (χ2n) is 7.98. The number of nitrogens with zero attached hydrogens (tertiary/aromatic N) is 5. The molecule has 160 valence electrons. The van der Waals surface area contributed by atoms with E-state index in [0.29, 0.717) is 11.2 Å². The van der Waals surface area contributed by atoms with Crippen molar-refractivity contribution in [3.8, 4) is 11.3 Å². The van der Waals surface area contributed by atoms with Gasteiger partial charge in [0.05, 0.1) is 5.69 Å². The quantitative estimate of drug-likeness (QED) is 0.477. The van der Waals surface area contributed by atoms with Crippen molar-refractivity contribution in [3.63, 3.8) is 0 Å². The van der Waals surface area contributed by atoms with Gasteiger partial charge in [0, 0.05) is 23.6 Å². The highest BCUT2D eigenvalue weighted by molar-refractivity contribution is 5.92. The molecule has 3 aromatic heterocycles. The summed E-state index contributed by atoms with van der Waals surface area (Å²) in [6.45, 7) is 5.74. The Hall–Kier alpha value is -4.20. The van der Waals surface area contributed by atoms with Gasteiger partial charge in [-0.15, -0.1) is 5.10 Å². The minimum atomic E-state index is -0.377. The fraction of sp³-hybridized carbons (Fsp3) is 0.167. The second-order valence-corrected chi connectivity index (χ2v) is 7.98. The zero-order chi connectivity index (χ0) is 22.4. The lowest BCUT2D eigenvalue weighted by Gasteiger charge is -2.12. The lowest BCUT2D eigenvalue weighted by Crippen LogP contribution is -2.28. The molecule has 0 aliphatic rings. The van der Waals surface area contributed by atoms with Gasteiger partial charge in [-0.25, -0.2) is 18.4 Å². The van der Waals surface area contributed by atoms with Gasteiger partial charge in [-0.3, -0.25) is 4.79 Å². The van der Waals surface area contributed by atoms with Gasteiger partial charge in [-0.2, -0.15) is 5.10 Å². The number of aromatic nitrogens is 5. The van der Waals surface area contributed by atoms with Crippen LogP contribution in [-0.4, -0.2) is 29.7 Å². The van der Waals surface area contributed by atoms with E-state index in [2.05, 4.69) is 15.5 Å². The summed E-state index contributed by atoms with van der Waals surface area (Å²) >= 11 is 0. The number of fused-ring (bicyclic) bond motifs is 3. The van der Waals surface area contributed by atoms with Crippen molar-refractivity contribution in [1.82, 2.24) is 23.8 Å². The topological polar surface area (TPSA) is 85.7 Å². The summed E-state index contributed by atoms with van der Waals surface area (Å²) in [6, 6.07) is 15.7. The average molecular weight is 426 g/mol. The highest BCUT2D eigenvalue weighted by atomic mass is 16.2. The molecule has 0 bridgehead atoms. The number of aryl methyl sites for hydroxylation is 3. The highest BCUT2D eigenvalue weighted by Crippen LogP contribution is 2.22. The normalized spacial score (nSPS) is 11.3. The molecule has 5 aromatic rings. The Kier molecular flexibility index (Phi) is 4.62. The lowest BCUT2D eigenvalue weighted by atomic mass is 10.1. The first-order chi connectivity index (χ1) is 15.4. The van der Waals surface area contributed by atoms with E-state index in [1.165, 1.54) is 9.08 Å². The summed E-state index contributed by atoms with van der Waals surface area (Å²) in [7, 11) is 0. The van der Waals surface area contributed by atoms with Crippen LogP contribution in [0.1, 0.15) is 16.7 Å². The van der Waals surface area contributed by atoms with Crippen LogP contribution in [0.2, 0.25) is 0 Å². The lowest BCUT2D eigenvalue weighted by molar-refractivity contribution is -0.117. The van der Waals surface area contributed by atoms with Gasteiger partial charge in [0.2, 0.25) is 5.91 Å². The molecule has 8 heteroatoms. The second kappa shape index (κ2) is 7.49. The number of anilines is 1. The number of carbonyl (C=O) groups excluding carboxylic acids is 1. The van der Waals surface area contributed by atoms with Gasteiger partial charge in [0.25, 0.3) is 0 Å². The van der Waals surface area contributed by atoms with Crippen LogP contribution in [-0.2, 0) is 11.3 Å². The number of carbonyl (C=O) groups is 1. The smallest absolute Gasteiger partial charge is 0.324 e. The van der Waals surface area contributed by atoms with Crippen LogP contribution < -0.4 is 11.0 Å². The van der Waals surface area contributed by atoms with E-state index in [-0.39, 0.29) is 18.1 Å². The minimum absolute atomic E-state index is 0.181. The zero-order valence-electron chi connectivity index (χ0n) is 18.0. The molecule has 0 aliphatic carbocycles. The van der Waals surface area contributed by atoms with Crippen molar-refractivity contribution in [1.29, 1.82) is 0 Å². The third-order valence-electron chi connectivity index (χ3n) is 5.50. The zero-order valence-corrected chi connectivity index (χ0v) is 18.0. The van der Waals surface area contributed by atoms with E-state index in [1.807, 2.05) is 69.3 Å². The van der Waals surface area contributed by atoms with Crippen molar-refractivity contribution in [2.24, 2.45) is 0 Å². The predicted octanol–water partition coefficient (Wildman–Crippen LogP) is 3.37. The van der Waals surface area contributed by atoms with Crippen molar-refractivity contribution >= 4 is 22.8 Å². The fourth-order valence-electron chi connectivity index (χ4n) is 4.08. The molecule has 3 heterocycles. The van der Waals surface area contributed by atoms with Gasteiger partial charge in [0.1, 0.15) is 12.1 Å². The van der Waals surface area contributed by atoms with Crippen LogP contribution in [0.4, 0.5) is 5.69 Å². The van der Waals surface area contributed by atoms with Gasteiger partial charge in [-0.1, -0.05) is 48.0 Å².